The number of aryl methyl sites for hydroxylation is 1. The Morgan fingerprint density at radius 3 is 2.36 bits per heavy atom. The van der Waals surface area contributed by atoms with Gasteiger partial charge in [-0.2, -0.15) is 0 Å². The van der Waals surface area contributed by atoms with Crippen molar-refractivity contribution in [3.63, 3.8) is 0 Å². The summed E-state index contributed by atoms with van der Waals surface area (Å²) in [6.45, 7) is 7.50. The first kappa shape index (κ1) is 18.8. The second-order valence-corrected chi connectivity index (χ2v) is 5.76. The fourth-order valence-corrected chi connectivity index (χ4v) is 2.43. The first-order valence-electron chi connectivity index (χ1n) is 8.31. The van der Waals surface area contributed by atoms with Crippen molar-refractivity contribution in [2.75, 3.05) is 23.3 Å². The van der Waals surface area contributed by atoms with Crippen LogP contribution in [0.4, 0.5) is 20.4 Å². The molecule has 0 aliphatic carbocycles. The number of hydrogen-bond donors (Lipinski definition) is 1. The van der Waals surface area contributed by atoms with Crippen LogP contribution in [0.25, 0.3) is 0 Å². The Bertz CT molecular complexity index is 746. The van der Waals surface area contributed by atoms with Crippen LogP contribution in [0.2, 0.25) is 0 Å². The van der Waals surface area contributed by atoms with Crippen molar-refractivity contribution in [1.29, 1.82) is 0 Å². The third-order valence-corrected chi connectivity index (χ3v) is 3.52. The van der Waals surface area contributed by atoms with Gasteiger partial charge in [-0.1, -0.05) is 13.8 Å². The summed E-state index contributed by atoms with van der Waals surface area (Å²) in [6, 6.07) is 4.76. The predicted octanol–water partition coefficient (Wildman–Crippen LogP) is 3.94. The van der Waals surface area contributed by atoms with E-state index in [4.69, 9.17) is 0 Å². The lowest BCUT2D eigenvalue weighted by Crippen LogP contribution is -2.28. The molecule has 25 heavy (non-hydrogen) atoms. The Morgan fingerprint density at radius 2 is 1.76 bits per heavy atom. The Kier molecular flexibility index (Phi) is 6.38. The molecule has 0 saturated heterocycles. The SMILES string of the molecule is CCCN(CCC)c1nc(C)cc(C(=O)Nc2ccc(F)c(F)c2)n1. The Hall–Kier alpha value is -2.57. The molecule has 1 amide bonds. The highest BCUT2D eigenvalue weighted by Crippen LogP contribution is 2.16. The molecule has 0 radical (unpaired) electrons. The highest BCUT2D eigenvalue weighted by atomic mass is 19.2. The average molecular weight is 348 g/mol. The zero-order valence-corrected chi connectivity index (χ0v) is 14.6. The maximum Gasteiger partial charge on any atom is 0.274 e. The van der Waals surface area contributed by atoms with Gasteiger partial charge in [0, 0.05) is 30.5 Å². The molecule has 134 valence electrons. The molecule has 0 aliphatic heterocycles. The van der Waals surface area contributed by atoms with Gasteiger partial charge in [0.05, 0.1) is 0 Å². The van der Waals surface area contributed by atoms with Crippen LogP contribution in [0.5, 0.6) is 0 Å². The second-order valence-electron chi connectivity index (χ2n) is 5.76. The minimum atomic E-state index is -1.02. The van der Waals surface area contributed by atoms with Gasteiger partial charge in [0.1, 0.15) is 5.69 Å². The van der Waals surface area contributed by atoms with Gasteiger partial charge in [-0.15, -0.1) is 0 Å². The molecule has 0 atom stereocenters. The lowest BCUT2D eigenvalue weighted by Gasteiger charge is -2.22. The van der Waals surface area contributed by atoms with Gasteiger partial charge in [0.2, 0.25) is 5.95 Å². The fraction of sp³-hybridized carbons (Fsp3) is 0.389. The largest absolute Gasteiger partial charge is 0.341 e. The maximum absolute atomic E-state index is 13.3. The van der Waals surface area contributed by atoms with Crippen LogP contribution in [0, 0.1) is 18.6 Å². The third-order valence-electron chi connectivity index (χ3n) is 3.52. The molecule has 0 unspecified atom stereocenters. The highest BCUT2D eigenvalue weighted by molar-refractivity contribution is 6.03. The molecule has 1 aromatic carbocycles. The van der Waals surface area contributed by atoms with Crippen LogP contribution < -0.4 is 10.2 Å². The number of hydrogen-bond acceptors (Lipinski definition) is 4. The second kappa shape index (κ2) is 8.50. The lowest BCUT2D eigenvalue weighted by atomic mass is 10.2. The number of benzene rings is 1. The number of nitrogens with zero attached hydrogens (tertiary/aromatic N) is 3. The minimum Gasteiger partial charge on any atom is -0.341 e. The summed E-state index contributed by atoms with van der Waals surface area (Å²) in [6.07, 6.45) is 1.88. The molecule has 0 fully saturated rings. The molecule has 1 aromatic heterocycles. The van der Waals surface area contributed by atoms with E-state index in [0.29, 0.717) is 11.6 Å². The number of rotatable bonds is 7. The van der Waals surface area contributed by atoms with E-state index in [1.165, 1.54) is 6.07 Å². The summed E-state index contributed by atoms with van der Waals surface area (Å²) in [4.78, 5) is 23.2. The zero-order chi connectivity index (χ0) is 18.4. The Labute approximate surface area is 146 Å². The van der Waals surface area contributed by atoms with Gasteiger partial charge >= 0.3 is 0 Å². The van der Waals surface area contributed by atoms with Crippen molar-refractivity contribution < 1.29 is 13.6 Å². The van der Waals surface area contributed by atoms with E-state index in [1.54, 1.807) is 13.0 Å². The molecular weight excluding hydrogens is 326 g/mol. The van der Waals surface area contributed by atoms with Crippen molar-refractivity contribution in [3.8, 4) is 0 Å². The summed E-state index contributed by atoms with van der Waals surface area (Å²) in [5, 5.41) is 2.53. The van der Waals surface area contributed by atoms with Crippen molar-refractivity contribution in [1.82, 2.24) is 9.97 Å². The first-order valence-corrected chi connectivity index (χ1v) is 8.31. The summed E-state index contributed by atoms with van der Waals surface area (Å²) in [5.74, 6) is -1.98. The molecule has 5 nitrogen and oxygen atoms in total. The van der Waals surface area contributed by atoms with Crippen molar-refractivity contribution >= 4 is 17.5 Å². The van der Waals surface area contributed by atoms with Crippen molar-refractivity contribution in [3.05, 3.63) is 47.3 Å². The third kappa shape index (κ3) is 4.95. The van der Waals surface area contributed by atoms with Crippen LogP contribution >= 0.6 is 0 Å². The molecular formula is C18H22F2N4O. The number of carbonyl (C=O) groups is 1. The fourth-order valence-electron chi connectivity index (χ4n) is 2.43. The maximum atomic E-state index is 13.3. The quantitative estimate of drug-likeness (QED) is 0.823. The average Bonchev–Trinajstić information content (AvgIpc) is 2.57. The van der Waals surface area contributed by atoms with E-state index in [2.05, 4.69) is 29.1 Å². The standard InChI is InChI=1S/C18H22F2N4O/c1-4-8-24(9-5-2)18-21-12(3)10-16(23-18)17(25)22-13-6-7-14(19)15(20)11-13/h6-7,10-11H,4-5,8-9H2,1-3H3,(H,22,25). The smallest absolute Gasteiger partial charge is 0.274 e. The van der Waals surface area contributed by atoms with E-state index in [1.807, 2.05) is 4.90 Å². The van der Waals surface area contributed by atoms with E-state index in [-0.39, 0.29) is 11.4 Å². The molecule has 0 saturated carbocycles. The van der Waals surface area contributed by atoms with Crippen LogP contribution in [-0.2, 0) is 0 Å². The molecule has 1 N–H and O–H groups in total. The number of anilines is 2. The van der Waals surface area contributed by atoms with Crippen molar-refractivity contribution in [2.45, 2.75) is 33.6 Å². The molecule has 0 bridgehead atoms. The Balaban J connectivity index is 2.25. The van der Waals surface area contributed by atoms with Gasteiger partial charge in [0.15, 0.2) is 11.6 Å². The van der Waals surface area contributed by atoms with E-state index in [0.717, 1.165) is 38.1 Å². The zero-order valence-electron chi connectivity index (χ0n) is 14.6. The highest BCUT2D eigenvalue weighted by Gasteiger charge is 2.15. The van der Waals surface area contributed by atoms with E-state index in [9.17, 15) is 13.6 Å². The Morgan fingerprint density at radius 1 is 1.08 bits per heavy atom. The minimum absolute atomic E-state index is 0.167. The molecule has 2 rings (SSSR count). The van der Waals surface area contributed by atoms with E-state index < -0.39 is 17.5 Å². The van der Waals surface area contributed by atoms with Crippen LogP contribution in [0.15, 0.2) is 24.3 Å². The topological polar surface area (TPSA) is 58.1 Å². The number of halogens is 2. The van der Waals surface area contributed by atoms with Crippen LogP contribution in [0.3, 0.4) is 0 Å². The number of carbonyl (C=O) groups excluding carboxylic acids is 1. The van der Waals surface area contributed by atoms with Crippen LogP contribution in [-0.4, -0.2) is 29.0 Å². The number of aromatic nitrogens is 2. The van der Waals surface area contributed by atoms with Gasteiger partial charge in [-0.05, 0) is 38.0 Å². The van der Waals surface area contributed by atoms with Gasteiger partial charge in [-0.3, -0.25) is 4.79 Å². The molecule has 1 heterocycles. The summed E-state index contributed by atoms with van der Waals surface area (Å²) >= 11 is 0. The lowest BCUT2D eigenvalue weighted by molar-refractivity contribution is 0.102. The van der Waals surface area contributed by atoms with Gasteiger partial charge in [-0.25, -0.2) is 18.7 Å². The molecule has 2 aromatic rings. The number of nitrogens with one attached hydrogen (secondary N) is 1. The summed E-state index contributed by atoms with van der Waals surface area (Å²) in [7, 11) is 0. The monoisotopic (exact) mass is 348 g/mol. The number of amides is 1. The first-order chi connectivity index (χ1) is 11.9. The summed E-state index contributed by atoms with van der Waals surface area (Å²) < 4.78 is 26.3. The predicted molar refractivity (Wildman–Crippen MR) is 93.9 cm³/mol. The molecule has 0 aliphatic rings. The molecule has 0 spiro atoms. The van der Waals surface area contributed by atoms with Gasteiger partial charge in [0.25, 0.3) is 5.91 Å². The van der Waals surface area contributed by atoms with Crippen LogP contribution in [0.1, 0.15) is 42.9 Å². The molecule has 7 heteroatoms. The van der Waals surface area contributed by atoms with E-state index >= 15 is 0 Å². The van der Waals surface area contributed by atoms with Crippen molar-refractivity contribution in [2.24, 2.45) is 0 Å². The summed E-state index contributed by atoms with van der Waals surface area (Å²) in [5.41, 5.74) is 1.02. The van der Waals surface area contributed by atoms with Gasteiger partial charge < -0.3 is 10.2 Å². The normalized spacial score (nSPS) is 10.6.